The average Bonchev–Trinajstić information content (AvgIpc) is 2.77. The minimum atomic E-state index is -1.82. The number of rotatable bonds is 6. The van der Waals surface area contributed by atoms with E-state index in [0.29, 0.717) is 17.5 Å². The molecule has 0 heterocycles. The van der Waals surface area contributed by atoms with E-state index in [-0.39, 0.29) is 36.4 Å². The zero-order chi connectivity index (χ0) is 23.5. The van der Waals surface area contributed by atoms with Crippen LogP contribution in [0.1, 0.15) is 72.4 Å². The average molecular weight is 440 g/mol. The number of fused-ring (bicyclic) bond motifs is 1. The predicted molar refractivity (Wildman–Crippen MR) is 117 cm³/mol. The van der Waals surface area contributed by atoms with Crippen molar-refractivity contribution in [2.24, 2.45) is 0 Å². The van der Waals surface area contributed by atoms with Crippen molar-refractivity contribution in [2.45, 2.75) is 51.6 Å². The quantitative estimate of drug-likeness (QED) is 0.537. The normalized spacial score (nSPS) is 18.9. The van der Waals surface area contributed by atoms with Crippen LogP contribution < -0.4 is 4.74 Å². The van der Waals surface area contributed by atoms with Crippen LogP contribution in [0.3, 0.4) is 0 Å². The van der Waals surface area contributed by atoms with Gasteiger partial charge < -0.3 is 19.3 Å². The molecule has 0 saturated heterocycles. The first-order valence-electron chi connectivity index (χ1n) is 10.7. The molecule has 0 fully saturated rings. The molecular formula is C25H28O7. The largest absolute Gasteiger partial charge is 0.464 e. The number of hydrogen-bond acceptors (Lipinski definition) is 7. The lowest BCUT2D eigenvalue weighted by molar-refractivity contribution is -0.168. The van der Waals surface area contributed by atoms with Gasteiger partial charge in [0.25, 0.3) is 0 Å². The van der Waals surface area contributed by atoms with E-state index in [0.717, 1.165) is 5.56 Å². The molecular weight excluding hydrogens is 412 g/mol. The minimum Gasteiger partial charge on any atom is -0.464 e. The fourth-order valence-corrected chi connectivity index (χ4v) is 3.87. The molecule has 0 aromatic heterocycles. The SMILES string of the molecule is CCOC(=O)c1ccc(OC(=O)c2ccc3c(c2)C(O)(C(=O)OCC)CCC3(C)C)cc1. The molecule has 0 spiro atoms. The Morgan fingerprint density at radius 1 is 0.844 bits per heavy atom. The molecule has 7 heteroatoms. The first-order chi connectivity index (χ1) is 15.1. The summed E-state index contributed by atoms with van der Waals surface area (Å²) in [5, 5.41) is 11.2. The smallest absolute Gasteiger partial charge is 0.343 e. The Morgan fingerprint density at radius 3 is 2.09 bits per heavy atom. The van der Waals surface area contributed by atoms with Crippen molar-refractivity contribution >= 4 is 17.9 Å². The monoisotopic (exact) mass is 440 g/mol. The molecule has 1 N–H and O–H groups in total. The van der Waals surface area contributed by atoms with Gasteiger partial charge in [-0.2, -0.15) is 0 Å². The van der Waals surface area contributed by atoms with Crippen molar-refractivity contribution in [1.82, 2.24) is 0 Å². The molecule has 170 valence electrons. The maximum atomic E-state index is 12.8. The van der Waals surface area contributed by atoms with Crippen LogP contribution in [0.15, 0.2) is 42.5 Å². The molecule has 1 unspecified atom stereocenters. The highest BCUT2D eigenvalue weighted by Crippen LogP contribution is 2.45. The van der Waals surface area contributed by atoms with Gasteiger partial charge in [-0.05, 0) is 79.6 Å². The van der Waals surface area contributed by atoms with Crippen LogP contribution >= 0.6 is 0 Å². The first-order valence-corrected chi connectivity index (χ1v) is 10.7. The topological polar surface area (TPSA) is 99.1 Å². The maximum Gasteiger partial charge on any atom is 0.343 e. The molecule has 2 aromatic carbocycles. The van der Waals surface area contributed by atoms with E-state index >= 15 is 0 Å². The van der Waals surface area contributed by atoms with Crippen molar-refractivity contribution < 1.29 is 33.7 Å². The highest BCUT2D eigenvalue weighted by Gasteiger charge is 2.48. The van der Waals surface area contributed by atoms with Crippen molar-refractivity contribution in [3.8, 4) is 5.75 Å². The Balaban J connectivity index is 1.89. The van der Waals surface area contributed by atoms with Crippen LogP contribution in [0, 0.1) is 0 Å². The summed E-state index contributed by atoms with van der Waals surface area (Å²) in [7, 11) is 0. The van der Waals surface area contributed by atoms with Crippen LogP contribution in [-0.2, 0) is 25.3 Å². The summed E-state index contributed by atoms with van der Waals surface area (Å²) < 4.78 is 15.5. The first kappa shape index (κ1) is 23.5. The standard InChI is InChI=1S/C25H28O7/c1-5-30-21(26)16-7-10-18(11-8-16)32-22(27)17-9-12-19-20(15-17)25(29,23(28)31-6-2)14-13-24(19,3)4/h7-12,15,29H,5-6,13-14H2,1-4H3. The van der Waals surface area contributed by atoms with Gasteiger partial charge in [0, 0.05) is 0 Å². The lowest BCUT2D eigenvalue weighted by atomic mass is 9.66. The fourth-order valence-electron chi connectivity index (χ4n) is 3.87. The molecule has 0 bridgehead atoms. The Kier molecular flexibility index (Phi) is 6.69. The summed E-state index contributed by atoms with van der Waals surface area (Å²) in [6.45, 7) is 7.86. The van der Waals surface area contributed by atoms with Crippen LogP contribution in [0.25, 0.3) is 0 Å². The number of hydrogen-bond donors (Lipinski definition) is 1. The van der Waals surface area contributed by atoms with Crippen molar-refractivity contribution in [3.05, 3.63) is 64.7 Å². The van der Waals surface area contributed by atoms with Crippen molar-refractivity contribution in [3.63, 3.8) is 0 Å². The van der Waals surface area contributed by atoms with E-state index in [4.69, 9.17) is 14.2 Å². The fraction of sp³-hybridized carbons (Fsp3) is 0.400. The van der Waals surface area contributed by atoms with Crippen molar-refractivity contribution in [1.29, 1.82) is 0 Å². The number of carbonyl (C=O) groups excluding carboxylic acids is 3. The van der Waals surface area contributed by atoms with Gasteiger partial charge in [0.1, 0.15) is 5.75 Å². The van der Waals surface area contributed by atoms with Crippen LogP contribution in [0.4, 0.5) is 0 Å². The molecule has 2 aromatic rings. The third-order valence-corrected chi connectivity index (χ3v) is 5.73. The third-order valence-electron chi connectivity index (χ3n) is 5.73. The van der Waals surface area contributed by atoms with Crippen molar-refractivity contribution in [2.75, 3.05) is 13.2 Å². The van der Waals surface area contributed by atoms with E-state index < -0.39 is 23.5 Å². The number of benzene rings is 2. The lowest BCUT2D eigenvalue weighted by Crippen LogP contribution is -2.44. The Labute approximate surface area is 187 Å². The molecule has 0 radical (unpaired) electrons. The van der Waals surface area contributed by atoms with E-state index in [2.05, 4.69) is 0 Å². The zero-order valence-corrected chi connectivity index (χ0v) is 18.8. The van der Waals surface area contributed by atoms with E-state index in [9.17, 15) is 19.5 Å². The summed E-state index contributed by atoms with van der Waals surface area (Å²) in [6.07, 6.45) is 0.783. The van der Waals surface area contributed by atoms with E-state index in [1.54, 1.807) is 26.0 Å². The maximum absolute atomic E-state index is 12.8. The zero-order valence-electron chi connectivity index (χ0n) is 18.8. The predicted octanol–water partition coefficient (Wildman–Crippen LogP) is 3.90. The van der Waals surface area contributed by atoms with Crippen LogP contribution in [-0.4, -0.2) is 36.2 Å². The summed E-state index contributed by atoms with van der Waals surface area (Å²) in [6, 6.07) is 10.9. The Morgan fingerprint density at radius 2 is 1.47 bits per heavy atom. The van der Waals surface area contributed by atoms with E-state index in [1.165, 1.54) is 30.3 Å². The third kappa shape index (κ3) is 4.53. The summed E-state index contributed by atoms with van der Waals surface area (Å²) in [4.78, 5) is 37.1. The number of esters is 3. The second-order valence-electron chi connectivity index (χ2n) is 8.36. The highest BCUT2D eigenvalue weighted by molar-refractivity contribution is 5.93. The van der Waals surface area contributed by atoms with Gasteiger partial charge in [-0.1, -0.05) is 19.9 Å². The molecule has 32 heavy (non-hydrogen) atoms. The number of aliphatic hydroxyl groups is 1. The van der Waals surface area contributed by atoms with Gasteiger partial charge in [0.15, 0.2) is 5.60 Å². The second-order valence-corrected chi connectivity index (χ2v) is 8.36. The summed E-state index contributed by atoms with van der Waals surface area (Å²) in [5.74, 6) is -1.58. The van der Waals surface area contributed by atoms with Gasteiger partial charge in [-0.3, -0.25) is 0 Å². The van der Waals surface area contributed by atoms with Gasteiger partial charge in [-0.25, -0.2) is 14.4 Å². The minimum absolute atomic E-state index is 0.142. The molecule has 3 rings (SSSR count). The molecule has 0 saturated carbocycles. The summed E-state index contributed by atoms with van der Waals surface area (Å²) in [5.41, 5.74) is -0.410. The lowest BCUT2D eigenvalue weighted by Gasteiger charge is -2.40. The molecule has 1 atom stereocenters. The van der Waals surface area contributed by atoms with E-state index in [1.807, 2.05) is 13.8 Å². The molecule has 0 amide bonds. The highest BCUT2D eigenvalue weighted by atomic mass is 16.6. The molecule has 0 aliphatic heterocycles. The van der Waals surface area contributed by atoms with Crippen LogP contribution in [0.2, 0.25) is 0 Å². The number of carbonyl (C=O) groups is 3. The summed E-state index contributed by atoms with van der Waals surface area (Å²) >= 11 is 0. The molecule has 1 aliphatic rings. The Hall–Kier alpha value is -3.19. The molecule has 7 nitrogen and oxygen atoms in total. The molecule has 1 aliphatic carbocycles. The second kappa shape index (κ2) is 9.12. The van der Waals surface area contributed by atoms with Gasteiger partial charge in [-0.15, -0.1) is 0 Å². The van der Waals surface area contributed by atoms with Gasteiger partial charge in [0.2, 0.25) is 0 Å². The van der Waals surface area contributed by atoms with Gasteiger partial charge >= 0.3 is 17.9 Å². The number of ether oxygens (including phenoxy) is 3. The van der Waals surface area contributed by atoms with Gasteiger partial charge in [0.05, 0.1) is 24.3 Å². The Bertz CT molecular complexity index is 1020. The van der Waals surface area contributed by atoms with Crippen LogP contribution in [0.5, 0.6) is 5.75 Å².